The van der Waals surface area contributed by atoms with Crippen LogP contribution in [0.4, 0.5) is 5.82 Å². The molecule has 0 aliphatic heterocycles. The molecule has 2 N–H and O–H groups in total. The fourth-order valence-corrected chi connectivity index (χ4v) is 2.02. The van der Waals surface area contributed by atoms with Gasteiger partial charge in [-0.1, -0.05) is 6.42 Å². The predicted molar refractivity (Wildman–Crippen MR) is 65.2 cm³/mol. The molecule has 88 valence electrons. The van der Waals surface area contributed by atoms with Gasteiger partial charge in [-0.15, -0.1) is 0 Å². The molecule has 0 unspecified atom stereocenters. The van der Waals surface area contributed by atoms with E-state index in [9.17, 15) is 0 Å². The molecule has 0 saturated heterocycles. The summed E-state index contributed by atoms with van der Waals surface area (Å²) in [5.74, 6) is 1.82. The number of nitrogens with zero attached hydrogens (tertiary/aromatic N) is 3. The van der Waals surface area contributed by atoms with Gasteiger partial charge in [-0.25, -0.2) is 4.98 Å². The van der Waals surface area contributed by atoms with E-state index in [0.717, 1.165) is 30.5 Å². The highest BCUT2D eigenvalue weighted by atomic mass is 15.2. The van der Waals surface area contributed by atoms with Crippen LogP contribution in [0.2, 0.25) is 0 Å². The van der Waals surface area contributed by atoms with Crippen molar-refractivity contribution in [3.05, 3.63) is 18.1 Å². The van der Waals surface area contributed by atoms with Crippen molar-refractivity contribution in [1.82, 2.24) is 9.97 Å². The number of aromatic nitrogens is 2. The van der Waals surface area contributed by atoms with E-state index in [4.69, 9.17) is 5.73 Å². The molecule has 1 aliphatic rings. The number of hydrogen-bond donors (Lipinski definition) is 1. The van der Waals surface area contributed by atoms with Gasteiger partial charge in [0.1, 0.15) is 5.82 Å². The quantitative estimate of drug-likeness (QED) is 0.818. The third-order valence-corrected chi connectivity index (χ3v) is 3.29. The van der Waals surface area contributed by atoms with E-state index < -0.39 is 0 Å². The Morgan fingerprint density at radius 1 is 1.44 bits per heavy atom. The number of rotatable bonds is 5. The standard InChI is InChI=1S/C12H20N4/c1-2-16(9-10-4-3-5-10)12-8-14-7-11(6-13)15-12/h7-8,10H,2-6,9,13H2,1H3. The van der Waals surface area contributed by atoms with Crippen LogP contribution in [-0.4, -0.2) is 23.1 Å². The second-order valence-corrected chi connectivity index (χ2v) is 4.41. The van der Waals surface area contributed by atoms with Gasteiger partial charge in [0.25, 0.3) is 0 Å². The summed E-state index contributed by atoms with van der Waals surface area (Å²) in [6.07, 6.45) is 7.68. The summed E-state index contributed by atoms with van der Waals surface area (Å²) < 4.78 is 0. The van der Waals surface area contributed by atoms with Crippen molar-refractivity contribution in [2.75, 3.05) is 18.0 Å². The first-order chi connectivity index (χ1) is 7.83. The zero-order valence-electron chi connectivity index (χ0n) is 9.89. The third kappa shape index (κ3) is 2.50. The predicted octanol–water partition coefficient (Wildman–Crippen LogP) is 1.56. The molecule has 0 atom stereocenters. The van der Waals surface area contributed by atoms with E-state index >= 15 is 0 Å². The molecule has 1 fully saturated rings. The van der Waals surface area contributed by atoms with Crippen molar-refractivity contribution in [3.8, 4) is 0 Å². The third-order valence-electron chi connectivity index (χ3n) is 3.29. The largest absolute Gasteiger partial charge is 0.355 e. The van der Waals surface area contributed by atoms with Crippen molar-refractivity contribution in [3.63, 3.8) is 0 Å². The Morgan fingerprint density at radius 2 is 2.25 bits per heavy atom. The molecular weight excluding hydrogens is 200 g/mol. The number of nitrogens with two attached hydrogens (primary N) is 1. The molecule has 16 heavy (non-hydrogen) atoms. The van der Waals surface area contributed by atoms with Crippen LogP contribution in [0.15, 0.2) is 12.4 Å². The molecule has 4 nitrogen and oxygen atoms in total. The Labute approximate surface area is 96.9 Å². The summed E-state index contributed by atoms with van der Waals surface area (Å²) in [5.41, 5.74) is 6.44. The van der Waals surface area contributed by atoms with Gasteiger partial charge in [0.15, 0.2) is 0 Å². The molecule has 4 heteroatoms. The van der Waals surface area contributed by atoms with E-state index in [2.05, 4.69) is 21.8 Å². The first kappa shape index (κ1) is 11.3. The topological polar surface area (TPSA) is 55.0 Å². The smallest absolute Gasteiger partial charge is 0.147 e. The Kier molecular flexibility index (Phi) is 3.72. The normalized spacial score (nSPS) is 15.9. The van der Waals surface area contributed by atoms with Gasteiger partial charge in [0, 0.05) is 25.8 Å². The molecule has 0 radical (unpaired) electrons. The molecule has 0 spiro atoms. The molecule has 0 bridgehead atoms. The molecule has 1 aromatic heterocycles. The van der Waals surface area contributed by atoms with Crippen LogP contribution >= 0.6 is 0 Å². The molecule has 1 aliphatic carbocycles. The summed E-state index contributed by atoms with van der Waals surface area (Å²) in [6, 6.07) is 0. The van der Waals surface area contributed by atoms with Gasteiger partial charge in [0.2, 0.25) is 0 Å². The van der Waals surface area contributed by atoms with E-state index in [1.807, 2.05) is 6.20 Å². The van der Waals surface area contributed by atoms with Crippen LogP contribution < -0.4 is 10.6 Å². The summed E-state index contributed by atoms with van der Waals surface area (Å²) in [7, 11) is 0. The number of hydrogen-bond acceptors (Lipinski definition) is 4. The maximum absolute atomic E-state index is 5.58. The molecule has 1 saturated carbocycles. The minimum atomic E-state index is 0.460. The summed E-state index contributed by atoms with van der Waals surface area (Å²) in [4.78, 5) is 11.0. The van der Waals surface area contributed by atoms with Crippen molar-refractivity contribution in [2.45, 2.75) is 32.7 Å². The molecule has 1 aromatic rings. The highest BCUT2D eigenvalue weighted by Crippen LogP contribution is 2.28. The highest BCUT2D eigenvalue weighted by Gasteiger charge is 2.20. The van der Waals surface area contributed by atoms with Crippen LogP contribution in [0, 0.1) is 5.92 Å². The van der Waals surface area contributed by atoms with Crippen LogP contribution in [0.5, 0.6) is 0 Å². The maximum atomic E-state index is 5.58. The van der Waals surface area contributed by atoms with Crippen molar-refractivity contribution in [2.24, 2.45) is 11.7 Å². The van der Waals surface area contributed by atoms with Gasteiger partial charge in [-0.05, 0) is 25.7 Å². The number of anilines is 1. The molecule has 2 rings (SSSR count). The Morgan fingerprint density at radius 3 is 2.81 bits per heavy atom. The SMILES string of the molecule is CCN(CC1CCC1)c1cncc(CN)n1. The highest BCUT2D eigenvalue weighted by molar-refractivity contribution is 5.36. The minimum absolute atomic E-state index is 0.460. The van der Waals surface area contributed by atoms with Crippen molar-refractivity contribution < 1.29 is 0 Å². The first-order valence-electron chi connectivity index (χ1n) is 6.09. The van der Waals surface area contributed by atoms with Crippen LogP contribution in [0.1, 0.15) is 31.9 Å². The van der Waals surface area contributed by atoms with Gasteiger partial charge in [-0.3, -0.25) is 4.98 Å². The lowest BCUT2D eigenvalue weighted by atomic mass is 9.85. The molecule has 0 amide bonds. The summed E-state index contributed by atoms with van der Waals surface area (Å²) in [5, 5.41) is 0. The van der Waals surface area contributed by atoms with Gasteiger partial charge in [-0.2, -0.15) is 0 Å². The molecule has 1 heterocycles. The first-order valence-corrected chi connectivity index (χ1v) is 6.09. The minimum Gasteiger partial charge on any atom is -0.355 e. The van der Waals surface area contributed by atoms with E-state index in [1.165, 1.54) is 19.3 Å². The van der Waals surface area contributed by atoms with Gasteiger partial charge < -0.3 is 10.6 Å². The van der Waals surface area contributed by atoms with E-state index in [-0.39, 0.29) is 0 Å². The summed E-state index contributed by atoms with van der Waals surface area (Å²) in [6.45, 7) is 4.72. The van der Waals surface area contributed by atoms with E-state index in [0.29, 0.717) is 6.54 Å². The second-order valence-electron chi connectivity index (χ2n) is 4.41. The van der Waals surface area contributed by atoms with Crippen LogP contribution in [0.3, 0.4) is 0 Å². The fourth-order valence-electron chi connectivity index (χ4n) is 2.02. The maximum Gasteiger partial charge on any atom is 0.147 e. The van der Waals surface area contributed by atoms with Crippen LogP contribution in [0.25, 0.3) is 0 Å². The van der Waals surface area contributed by atoms with E-state index in [1.54, 1.807) is 6.20 Å². The average Bonchev–Trinajstić information content (AvgIpc) is 2.28. The lowest BCUT2D eigenvalue weighted by Gasteiger charge is -2.32. The zero-order valence-corrected chi connectivity index (χ0v) is 9.89. The van der Waals surface area contributed by atoms with Crippen molar-refractivity contribution in [1.29, 1.82) is 0 Å². The Balaban J connectivity index is 2.05. The van der Waals surface area contributed by atoms with Crippen LogP contribution in [-0.2, 0) is 6.54 Å². The second kappa shape index (κ2) is 5.25. The van der Waals surface area contributed by atoms with Gasteiger partial charge >= 0.3 is 0 Å². The zero-order chi connectivity index (χ0) is 11.4. The Bertz CT molecular complexity index is 336. The fraction of sp³-hybridized carbons (Fsp3) is 0.667. The summed E-state index contributed by atoms with van der Waals surface area (Å²) >= 11 is 0. The van der Waals surface area contributed by atoms with Crippen molar-refractivity contribution >= 4 is 5.82 Å². The lowest BCUT2D eigenvalue weighted by Crippen LogP contribution is -2.33. The lowest BCUT2D eigenvalue weighted by molar-refractivity contribution is 0.318. The molecular formula is C12H20N4. The molecule has 0 aromatic carbocycles. The Hall–Kier alpha value is -1.16. The monoisotopic (exact) mass is 220 g/mol. The average molecular weight is 220 g/mol. The van der Waals surface area contributed by atoms with Gasteiger partial charge in [0.05, 0.1) is 11.9 Å².